The van der Waals surface area contributed by atoms with Gasteiger partial charge in [0.1, 0.15) is 17.0 Å². The van der Waals surface area contributed by atoms with E-state index < -0.39 is 15.8 Å². The number of aromatic nitrogens is 4. The number of sulfone groups is 1. The Morgan fingerprint density at radius 2 is 2.14 bits per heavy atom. The van der Waals surface area contributed by atoms with Crippen LogP contribution in [0, 0.1) is 0 Å². The summed E-state index contributed by atoms with van der Waals surface area (Å²) < 4.78 is 24.3. The van der Waals surface area contributed by atoms with Gasteiger partial charge in [-0.25, -0.2) is 13.2 Å². The molecule has 2 aromatic rings. The molecule has 9 heteroatoms. The molecule has 0 aromatic carbocycles. The van der Waals surface area contributed by atoms with Crippen LogP contribution in [0.4, 0.5) is 0 Å². The SMILES string of the molecule is CCS(=O)(=O)CCn1cc(C(=O)O)c(-c2cnccn2)n1. The van der Waals surface area contributed by atoms with E-state index in [1.807, 2.05) is 0 Å². The molecule has 0 saturated heterocycles. The average molecular weight is 310 g/mol. The van der Waals surface area contributed by atoms with Crippen LogP contribution in [0.15, 0.2) is 24.8 Å². The summed E-state index contributed by atoms with van der Waals surface area (Å²) in [6, 6.07) is 0. The van der Waals surface area contributed by atoms with E-state index in [1.165, 1.54) is 29.5 Å². The molecule has 0 aliphatic heterocycles. The van der Waals surface area contributed by atoms with E-state index in [2.05, 4.69) is 15.1 Å². The van der Waals surface area contributed by atoms with Crippen molar-refractivity contribution in [3.8, 4) is 11.4 Å². The van der Waals surface area contributed by atoms with Crippen LogP contribution in [0.2, 0.25) is 0 Å². The van der Waals surface area contributed by atoms with Crippen molar-refractivity contribution in [3.05, 3.63) is 30.4 Å². The van der Waals surface area contributed by atoms with Gasteiger partial charge in [-0.15, -0.1) is 0 Å². The Hall–Kier alpha value is -2.29. The molecule has 1 N–H and O–H groups in total. The smallest absolute Gasteiger partial charge is 0.339 e. The number of hydrogen-bond donors (Lipinski definition) is 1. The molecular weight excluding hydrogens is 296 g/mol. The molecular formula is C12H14N4O4S. The number of rotatable bonds is 6. The molecule has 0 radical (unpaired) electrons. The van der Waals surface area contributed by atoms with E-state index in [4.69, 9.17) is 0 Å². The molecule has 0 amide bonds. The van der Waals surface area contributed by atoms with Gasteiger partial charge in [0.15, 0.2) is 9.84 Å². The number of carboxylic acid groups (broad SMARTS) is 1. The Kier molecular flexibility index (Phi) is 4.32. The van der Waals surface area contributed by atoms with Crippen LogP contribution in [-0.4, -0.2) is 50.7 Å². The van der Waals surface area contributed by atoms with Gasteiger partial charge in [-0.1, -0.05) is 6.92 Å². The predicted molar refractivity (Wildman–Crippen MR) is 74.5 cm³/mol. The second kappa shape index (κ2) is 6.00. The zero-order valence-corrected chi connectivity index (χ0v) is 12.1. The van der Waals surface area contributed by atoms with Crippen LogP contribution in [0.3, 0.4) is 0 Å². The lowest BCUT2D eigenvalue weighted by Crippen LogP contribution is -2.15. The molecule has 2 rings (SSSR count). The number of carbonyl (C=O) groups is 1. The second-order valence-corrected chi connectivity index (χ2v) is 6.76. The van der Waals surface area contributed by atoms with Gasteiger partial charge >= 0.3 is 5.97 Å². The van der Waals surface area contributed by atoms with Crippen molar-refractivity contribution in [3.63, 3.8) is 0 Å². The van der Waals surface area contributed by atoms with E-state index in [1.54, 1.807) is 6.92 Å². The maximum Gasteiger partial charge on any atom is 0.339 e. The van der Waals surface area contributed by atoms with Crippen molar-refractivity contribution in [2.45, 2.75) is 13.5 Å². The Morgan fingerprint density at radius 3 is 2.71 bits per heavy atom. The van der Waals surface area contributed by atoms with E-state index in [9.17, 15) is 18.3 Å². The third-order valence-electron chi connectivity index (χ3n) is 2.87. The Balaban J connectivity index is 2.32. The number of hydrogen-bond acceptors (Lipinski definition) is 6. The van der Waals surface area contributed by atoms with Crippen molar-refractivity contribution in [2.24, 2.45) is 0 Å². The fourth-order valence-corrected chi connectivity index (χ4v) is 2.43. The highest BCUT2D eigenvalue weighted by Crippen LogP contribution is 2.19. The van der Waals surface area contributed by atoms with E-state index in [0.29, 0.717) is 5.69 Å². The topological polar surface area (TPSA) is 115 Å². The standard InChI is InChI=1S/C12H14N4O4S/c1-2-21(19,20)6-5-16-8-9(12(17)18)11(15-16)10-7-13-3-4-14-10/h3-4,7-8H,2,5-6H2,1H3,(H,17,18). The number of aryl methyl sites for hydroxylation is 1. The minimum absolute atomic E-state index is 0.0376. The van der Waals surface area contributed by atoms with E-state index in [0.717, 1.165) is 0 Å². The van der Waals surface area contributed by atoms with Crippen molar-refractivity contribution in [1.82, 2.24) is 19.7 Å². The molecule has 8 nitrogen and oxygen atoms in total. The molecule has 0 unspecified atom stereocenters. The highest BCUT2D eigenvalue weighted by Gasteiger charge is 2.19. The molecule has 2 heterocycles. The van der Waals surface area contributed by atoms with E-state index >= 15 is 0 Å². The van der Waals surface area contributed by atoms with Crippen LogP contribution in [0.25, 0.3) is 11.4 Å². The molecule has 21 heavy (non-hydrogen) atoms. The lowest BCUT2D eigenvalue weighted by molar-refractivity contribution is 0.0697. The lowest BCUT2D eigenvalue weighted by atomic mass is 10.2. The Morgan fingerprint density at radius 1 is 1.38 bits per heavy atom. The molecule has 0 saturated carbocycles. The fraction of sp³-hybridized carbons (Fsp3) is 0.333. The van der Waals surface area contributed by atoms with Crippen LogP contribution >= 0.6 is 0 Å². The predicted octanol–water partition coefficient (Wildman–Crippen LogP) is 0.473. The molecule has 0 atom stereocenters. The highest BCUT2D eigenvalue weighted by atomic mass is 32.2. The molecule has 0 fully saturated rings. The van der Waals surface area contributed by atoms with Gasteiger partial charge in [0.2, 0.25) is 0 Å². The maximum atomic E-state index is 11.5. The van der Waals surface area contributed by atoms with Crippen molar-refractivity contribution >= 4 is 15.8 Å². The fourth-order valence-electron chi connectivity index (χ4n) is 1.68. The summed E-state index contributed by atoms with van der Waals surface area (Å²) in [5.41, 5.74) is 0.459. The largest absolute Gasteiger partial charge is 0.478 e. The molecule has 0 bridgehead atoms. The first-order valence-corrected chi connectivity index (χ1v) is 8.02. The Bertz CT molecular complexity index is 740. The second-order valence-electron chi connectivity index (χ2n) is 4.29. The minimum atomic E-state index is -3.14. The van der Waals surface area contributed by atoms with Crippen LogP contribution in [-0.2, 0) is 16.4 Å². The van der Waals surface area contributed by atoms with Gasteiger partial charge in [0, 0.05) is 24.3 Å². The zero-order valence-electron chi connectivity index (χ0n) is 11.3. The third kappa shape index (κ3) is 3.63. The first-order valence-electron chi connectivity index (χ1n) is 6.20. The summed E-state index contributed by atoms with van der Waals surface area (Å²) in [5, 5.41) is 13.3. The van der Waals surface area contributed by atoms with Crippen LogP contribution < -0.4 is 0 Å². The molecule has 2 aromatic heterocycles. The van der Waals surface area contributed by atoms with Gasteiger partial charge in [0.05, 0.1) is 18.5 Å². The minimum Gasteiger partial charge on any atom is -0.478 e. The van der Waals surface area contributed by atoms with Crippen molar-refractivity contribution < 1.29 is 18.3 Å². The Labute approximate surface area is 121 Å². The summed E-state index contributed by atoms with van der Waals surface area (Å²) in [6.07, 6.45) is 5.61. The summed E-state index contributed by atoms with van der Waals surface area (Å²) >= 11 is 0. The number of carboxylic acids is 1. The molecule has 112 valence electrons. The van der Waals surface area contributed by atoms with Crippen molar-refractivity contribution in [2.75, 3.05) is 11.5 Å². The maximum absolute atomic E-state index is 11.5. The van der Waals surface area contributed by atoms with Gasteiger partial charge in [0.25, 0.3) is 0 Å². The van der Waals surface area contributed by atoms with Gasteiger partial charge < -0.3 is 5.11 Å². The monoisotopic (exact) mass is 310 g/mol. The highest BCUT2D eigenvalue weighted by molar-refractivity contribution is 7.91. The summed E-state index contributed by atoms with van der Waals surface area (Å²) in [5.74, 6) is -1.21. The summed E-state index contributed by atoms with van der Waals surface area (Å²) in [4.78, 5) is 19.1. The lowest BCUT2D eigenvalue weighted by Gasteiger charge is -2.01. The number of aromatic carboxylic acids is 1. The quantitative estimate of drug-likeness (QED) is 0.824. The third-order valence-corrected chi connectivity index (χ3v) is 4.55. The normalized spacial score (nSPS) is 11.5. The van der Waals surface area contributed by atoms with Gasteiger partial charge in [-0.05, 0) is 0 Å². The van der Waals surface area contributed by atoms with Gasteiger partial charge in [-0.3, -0.25) is 14.6 Å². The van der Waals surface area contributed by atoms with Crippen LogP contribution in [0.1, 0.15) is 17.3 Å². The summed E-state index contributed by atoms with van der Waals surface area (Å²) in [7, 11) is -3.14. The first kappa shape index (κ1) is 15.1. The van der Waals surface area contributed by atoms with E-state index in [-0.39, 0.29) is 29.3 Å². The molecule has 0 aliphatic carbocycles. The molecule has 0 aliphatic rings. The zero-order chi connectivity index (χ0) is 15.5. The van der Waals surface area contributed by atoms with Gasteiger partial charge in [-0.2, -0.15) is 5.10 Å². The summed E-state index contributed by atoms with van der Waals surface area (Å²) in [6.45, 7) is 1.66. The first-order chi connectivity index (χ1) is 9.93. The number of nitrogens with zero attached hydrogens (tertiary/aromatic N) is 4. The molecule has 0 spiro atoms. The van der Waals surface area contributed by atoms with Crippen molar-refractivity contribution in [1.29, 1.82) is 0 Å². The average Bonchev–Trinajstić information content (AvgIpc) is 2.91. The van der Waals surface area contributed by atoms with Crippen LogP contribution in [0.5, 0.6) is 0 Å².